The third kappa shape index (κ3) is 4.25. The van der Waals surface area contributed by atoms with E-state index in [1.54, 1.807) is 24.1 Å². The Hall–Kier alpha value is -1.86. The van der Waals surface area contributed by atoms with Crippen LogP contribution in [0.3, 0.4) is 0 Å². The third-order valence-corrected chi connectivity index (χ3v) is 2.35. The molecule has 0 bridgehead atoms. The van der Waals surface area contributed by atoms with Gasteiger partial charge in [0.2, 0.25) is 5.91 Å². The molecule has 0 aliphatic carbocycles. The Morgan fingerprint density at radius 3 is 2.65 bits per heavy atom. The fraction of sp³-hybridized carbons (Fsp3) is 0.385. The molecule has 0 heterocycles. The van der Waals surface area contributed by atoms with Crippen molar-refractivity contribution < 1.29 is 4.79 Å². The van der Waals surface area contributed by atoms with Gasteiger partial charge in [0.25, 0.3) is 0 Å². The average Bonchev–Trinajstić information content (AvgIpc) is 2.28. The summed E-state index contributed by atoms with van der Waals surface area (Å²) in [6.07, 6.45) is 0. The van der Waals surface area contributed by atoms with Gasteiger partial charge in [-0.1, -0.05) is 12.1 Å². The maximum Gasteiger partial charge on any atom is 0.236 e. The molecule has 0 aliphatic rings. The molecule has 90 valence electrons. The zero-order chi connectivity index (χ0) is 12.8. The highest BCUT2D eigenvalue weighted by molar-refractivity contribution is 5.77. The molecule has 0 spiro atoms. The molecule has 0 aromatic heterocycles. The van der Waals surface area contributed by atoms with Crippen LogP contribution in [0.2, 0.25) is 0 Å². The molecule has 0 radical (unpaired) electrons. The van der Waals surface area contributed by atoms with E-state index in [9.17, 15) is 4.79 Å². The molecule has 0 unspecified atom stereocenters. The molecular weight excluding hydrogens is 214 g/mol. The van der Waals surface area contributed by atoms with E-state index < -0.39 is 0 Å². The number of hydrogen-bond donors (Lipinski definition) is 0. The van der Waals surface area contributed by atoms with Crippen LogP contribution in [-0.4, -0.2) is 43.4 Å². The van der Waals surface area contributed by atoms with Gasteiger partial charge < -0.3 is 9.80 Å². The number of likely N-dealkylation sites (N-methyl/N-ethyl adjacent to an activating group) is 2. The minimum atomic E-state index is 0.0670. The number of hydrogen-bond acceptors (Lipinski definition) is 3. The molecule has 1 amide bonds. The van der Waals surface area contributed by atoms with Gasteiger partial charge in [0.05, 0.1) is 18.2 Å². The molecular formula is C13H17N3O. The zero-order valence-electron chi connectivity index (χ0n) is 10.5. The fourth-order valence-electron chi connectivity index (χ4n) is 1.49. The molecule has 4 heteroatoms. The molecule has 0 aliphatic heterocycles. The third-order valence-electron chi connectivity index (χ3n) is 2.35. The van der Waals surface area contributed by atoms with Gasteiger partial charge in [0.15, 0.2) is 0 Å². The van der Waals surface area contributed by atoms with E-state index in [0.29, 0.717) is 18.7 Å². The summed E-state index contributed by atoms with van der Waals surface area (Å²) in [5.41, 5.74) is 1.59. The van der Waals surface area contributed by atoms with Crippen molar-refractivity contribution in [3.8, 4) is 6.07 Å². The molecule has 0 N–H and O–H groups in total. The van der Waals surface area contributed by atoms with Crippen molar-refractivity contribution in [1.29, 1.82) is 5.26 Å². The number of carbonyl (C=O) groups is 1. The van der Waals surface area contributed by atoms with Gasteiger partial charge in [-0.2, -0.15) is 5.26 Å². The summed E-state index contributed by atoms with van der Waals surface area (Å²) in [4.78, 5) is 15.2. The van der Waals surface area contributed by atoms with Gasteiger partial charge in [0, 0.05) is 13.6 Å². The van der Waals surface area contributed by atoms with Crippen molar-refractivity contribution in [2.45, 2.75) is 6.54 Å². The second-order valence-corrected chi connectivity index (χ2v) is 4.30. The molecule has 1 rings (SSSR count). The van der Waals surface area contributed by atoms with Crippen LogP contribution < -0.4 is 0 Å². The second-order valence-electron chi connectivity index (χ2n) is 4.30. The van der Waals surface area contributed by atoms with Crippen LogP contribution in [0, 0.1) is 11.3 Å². The lowest BCUT2D eigenvalue weighted by Gasteiger charge is -2.19. The maximum absolute atomic E-state index is 11.7. The van der Waals surface area contributed by atoms with Gasteiger partial charge in [-0.15, -0.1) is 0 Å². The molecule has 0 fully saturated rings. The largest absolute Gasteiger partial charge is 0.340 e. The van der Waals surface area contributed by atoms with Crippen LogP contribution in [0.5, 0.6) is 0 Å². The first-order valence-electron chi connectivity index (χ1n) is 5.40. The molecule has 4 nitrogen and oxygen atoms in total. The SMILES string of the molecule is CN(C)CC(=O)N(C)Cc1cccc(C#N)c1. The number of nitrogens with zero attached hydrogens (tertiary/aromatic N) is 3. The van der Waals surface area contributed by atoms with Crippen LogP contribution in [0.1, 0.15) is 11.1 Å². The number of nitriles is 1. The standard InChI is InChI=1S/C13H17N3O/c1-15(2)10-13(17)16(3)9-12-6-4-5-11(7-12)8-14/h4-7H,9-10H2,1-3H3. The van der Waals surface area contributed by atoms with E-state index in [-0.39, 0.29) is 5.91 Å². The Balaban J connectivity index is 2.64. The van der Waals surface area contributed by atoms with Crippen LogP contribution >= 0.6 is 0 Å². The van der Waals surface area contributed by atoms with Crippen LogP contribution in [-0.2, 0) is 11.3 Å². The van der Waals surface area contributed by atoms with Crippen molar-refractivity contribution in [2.75, 3.05) is 27.7 Å². The van der Waals surface area contributed by atoms with Crippen molar-refractivity contribution >= 4 is 5.91 Å². The maximum atomic E-state index is 11.7. The molecule has 0 saturated carbocycles. The van der Waals surface area contributed by atoms with E-state index in [1.807, 2.05) is 31.1 Å². The lowest BCUT2D eigenvalue weighted by molar-refractivity contribution is -0.131. The summed E-state index contributed by atoms with van der Waals surface area (Å²) >= 11 is 0. The Bertz CT molecular complexity index is 435. The predicted molar refractivity (Wildman–Crippen MR) is 66.2 cm³/mol. The lowest BCUT2D eigenvalue weighted by Crippen LogP contribution is -2.34. The number of benzene rings is 1. The first-order valence-corrected chi connectivity index (χ1v) is 5.40. The topological polar surface area (TPSA) is 47.3 Å². The summed E-state index contributed by atoms with van der Waals surface area (Å²) in [6.45, 7) is 0.927. The second kappa shape index (κ2) is 6.02. The molecule has 0 atom stereocenters. The van der Waals surface area contributed by atoms with Gasteiger partial charge in [0.1, 0.15) is 0 Å². The smallest absolute Gasteiger partial charge is 0.236 e. The minimum Gasteiger partial charge on any atom is -0.340 e. The number of amides is 1. The van der Waals surface area contributed by atoms with Crippen LogP contribution in [0.15, 0.2) is 24.3 Å². The van der Waals surface area contributed by atoms with E-state index >= 15 is 0 Å². The van der Waals surface area contributed by atoms with E-state index in [0.717, 1.165) is 5.56 Å². The molecule has 1 aromatic carbocycles. The lowest BCUT2D eigenvalue weighted by atomic mass is 10.1. The monoisotopic (exact) mass is 231 g/mol. The van der Waals surface area contributed by atoms with E-state index in [4.69, 9.17) is 5.26 Å². The molecule has 1 aromatic rings. The van der Waals surface area contributed by atoms with Crippen molar-refractivity contribution in [3.05, 3.63) is 35.4 Å². The van der Waals surface area contributed by atoms with Crippen molar-refractivity contribution in [1.82, 2.24) is 9.80 Å². The highest BCUT2D eigenvalue weighted by Crippen LogP contribution is 2.07. The van der Waals surface area contributed by atoms with E-state index in [1.165, 1.54) is 0 Å². The number of carbonyl (C=O) groups excluding carboxylic acids is 1. The highest BCUT2D eigenvalue weighted by Gasteiger charge is 2.10. The van der Waals surface area contributed by atoms with Crippen LogP contribution in [0.4, 0.5) is 0 Å². The van der Waals surface area contributed by atoms with Gasteiger partial charge in [-0.3, -0.25) is 4.79 Å². The van der Waals surface area contributed by atoms with Gasteiger partial charge in [-0.25, -0.2) is 0 Å². The fourth-order valence-corrected chi connectivity index (χ4v) is 1.49. The minimum absolute atomic E-state index is 0.0670. The van der Waals surface area contributed by atoms with Crippen molar-refractivity contribution in [3.63, 3.8) is 0 Å². The molecule has 17 heavy (non-hydrogen) atoms. The summed E-state index contributed by atoms with van der Waals surface area (Å²) in [5, 5.41) is 8.79. The Morgan fingerprint density at radius 1 is 1.35 bits per heavy atom. The summed E-state index contributed by atoms with van der Waals surface area (Å²) in [7, 11) is 5.50. The Labute approximate surface area is 102 Å². The first kappa shape index (κ1) is 13.2. The average molecular weight is 231 g/mol. The van der Waals surface area contributed by atoms with Gasteiger partial charge in [-0.05, 0) is 31.8 Å². The normalized spacial score (nSPS) is 10.1. The first-order chi connectivity index (χ1) is 8.02. The van der Waals surface area contributed by atoms with Crippen LogP contribution in [0.25, 0.3) is 0 Å². The Morgan fingerprint density at radius 2 is 2.06 bits per heavy atom. The molecule has 0 saturated heterocycles. The summed E-state index contributed by atoms with van der Waals surface area (Å²) in [5.74, 6) is 0.0670. The van der Waals surface area contributed by atoms with E-state index in [2.05, 4.69) is 6.07 Å². The van der Waals surface area contributed by atoms with Gasteiger partial charge >= 0.3 is 0 Å². The highest BCUT2D eigenvalue weighted by atomic mass is 16.2. The Kier molecular flexibility index (Phi) is 4.68. The van der Waals surface area contributed by atoms with Crippen molar-refractivity contribution in [2.24, 2.45) is 0 Å². The quantitative estimate of drug-likeness (QED) is 0.779. The zero-order valence-corrected chi connectivity index (χ0v) is 10.5. The summed E-state index contributed by atoms with van der Waals surface area (Å²) in [6, 6.07) is 9.40. The predicted octanol–water partition coefficient (Wildman–Crippen LogP) is 1.08. The number of rotatable bonds is 4. The summed E-state index contributed by atoms with van der Waals surface area (Å²) < 4.78 is 0.